The molecule has 0 atom stereocenters. The van der Waals surface area contributed by atoms with E-state index in [0.29, 0.717) is 0 Å². The van der Waals surface area contributed by atoms with Gasteiger partial charge in [-0.05, 0) is 149 Å². The van der Waals surface area contributed by atoms with E-state index in [1.54, 1.807) is 0 Å². The van der Waals surface area contributed by atoms with E-state index in [1.807, 2.05) is 0 Å². The molecule has 1 heterocycles. The highest BCUT2D eigenvalue weighted by molar-refractivity contribution is 7.03. The van der Waals surface area contributed by atoms with Crippen LogP contribution in [0.25, 0.3) is 76.8 Å². The lowest BCUT2D eigenvalue weighted by molar-refractivity contribution is 1.28. The Morgan fingerprint density at radius 1 is 0.254 bits per heavy atom. The molecule has 0 spiro atoms. The zero-order valence-electron chi connectivity index (χ0n) is 39.8. The molecule has 0 bridgehead atoms. The number of benzene rings is 12. The molecule has 0 fully saturated rings. The zero-order chi connectivity index (χ0) is 47.5. The Balaban J connectivity index is 0.961. The van der Waals surface area contributed by atoms with Gasteiger partial charge in [0, 0.05) is 33.9 Å². The van der Waals surface area contributed by atoms with Crippen LogP contribution in [0, 0.1) is 0 Å². The molecule has 0 unspecified atom stereocenters. The van der Waals surface area contributed by atoms with Crippen LogP contribution in [-0.4, -0.2) is 8.07 Å². The molecule has 0 radical (unpaired) electrons. The van der Waals surface area contributed by atoms with Crippen LogP contribution in [-0.2, 0) is 0 Å². The van der Waals surface area contributed by atoms with Gasteiger partial charge in [0.05, 0.1) is 11.4 Å². The number of nitrogens with zero attached hydrogens (tertiary/aromatic N) is 2. The molecule has 0 aromatic heterocycles. The lowest BCUT2D eigenvalue weighted by Crippen LogP contribution is -2.56. The van der Waals surface area contributed by atoms with Crippen molar-refractivity contribution in [3.05, 3.63) is 267 Å². The molecule has 71 heavy (non-hydrogen) atoms. The minimum Gasteiger partial charge on any atom is -0.310 e. The standard InChI is InChI=1S/C68H50N2Si/c1-71(2)66-37-21-34-59-62-45-60(49-38-40-52(41-39-49)69(50-26-11-5-12-27-50)64-35-19-17-30-54(64)47-22-7-3-8-23-47)56-32-15-16-33-57(56)61(62)46-63(68(59)66)58-43-42-53(44-67(58)71)70(51-28-13-6-14-29-51)65-36-20-18-31-55(65)48-24-9-4-10-25-48/h3-46H,1-2H3. The number of para-hydroxylation sites is 4. The zero-order valence-corrected chi connectivity index (χ0v) is 40.8. The van der Waals surface area contributed by atoms with Crippen molar-refractivity contribution >= 4 is 84.9 Å². The monoisotopic (exact) mass is 922 g/mol. The Labute approximate surface area is 417 Å². The molecule has 0 aliphatic carbocycles. The fourth-order valence-corrected chi connectivity index (χ4v) is 14.6. The first-order valence-electron chi connectivity index (χ1n) is 24.7. The molecule has 12 aromatic rings. The summed E-state index contributed by atoms with van der Waals surface area (Å²) in [6.45, 7) is 5.10. The highest BCUT2D eigenvalue weighted by Gasteiger charge is 2.37. The molecular weight excluding hydrogens is 873 g/mol. The second-order valence-electron chi connectivity index (χ2n) is 19.2. The highest BCUT2D eigenvalue weighted by Crippen LogP contribution is 2.47. The summed E-state index contributed by atoms with van der Waals surface area (Å²) in [4.78, 5) is 4.84. The van der Waals surface area contributed by atoms with Crippen LogP contribution in [0.3, 0.4) is 0 Å². The van der Waals surface area contributed by atoms with E-state index in [4.69, 9.17) is 0 Å². The van der Waals surface area contributed by atoms with Crippen molar-refractivity contribution in [2.24, 2.45) is 0 Å². The van der Waals surface area contributed by atoms with Crippen molar-refractivity contribution in [2.75, 3.05) is 9.80 Å². The van der Waals surface area contributed by atoms with E-state index >= 15 is 0 Å². The van der Waals surface area contributed by atoms with Crippen LogP contribution in [0.1, 0.15) is 0 Å². The summed E-state index contributed by atoms with van der Waals surface area (Å²) < 4.78 is 0. The molecule has 0 saturated carbocycles. The van der Waals surface area contributed by atoms with Crippen LogP contribution in [0.5, 0.6) is 0 Å². The summed E-state index contributed by atoms with van der Waals surface area (Å²) in [5.41, 5.74) is 16.7. The summed E-state index contributed by atoms with van der Waals surface area (Å²) in [6, 6.07) is 98.2. The SMILES string of the molecule is C[Si]1(C)c2cc(N(c3ccccc3)c3ccccc3-c3ccccc3)ccc2-c2cc3c4ccccc4c(-c4ccc(N(c5ccccc5)c5ccccc5-c5ccccc5)cc4)cc3c3cccc1c23. The van der Waals surface area contributed by atoms with Gasteiger partial charge in [-0.2, -0.15) is 0 Å². The number of hydrogen-bond acceptors (Lipinski definition) is 2. The first kappa shape index (κ1) is 42.3. The summed E-state index contributed by atoms with van der Waals surface area (Å²) in [5, 5.41) is 10.8. The van der Waals surface area contributed by atoms with Gasteiger partial charge in [0.15, 0.2) is 0 Å². The van der Waals surface area contributed by atoms with E-state index in [9.17, 15) is 0 Å². The Kier molecular flexibility index (Phi) is 10.3. The molecule has 3 heteroatoms. The van der Waals surface area contributed by atoms with Gasteiger partial charge >= 0.3 is 0 Å². The number of rotatable bonds is 9. The average molecular weight is 923 g/mol. The molecule has 0 N–H and O–H groups in total. The van der Waals surface area contributed by atoms with Crippen molar-refractivity contribution in [1.29, 1.82) is 0 Å². The summed E-state index contributed by atoms with van der Waals surface area (Å²) in [7, 11) is -2.27. The van der Waals surface area contributed by atoms with Crippen molar-refractivity contribution < 1.29 is 0 Å². The minimum atomic E-state index is -2.27. The smallest absolute Gasteiger partial charge is 0.113 e. The van der Waals surface area contributed by atoms with Gasteiger partial charge in [-0.1, -0.05) is 207 Å². The minimum absolute atomic E-state index is 1.11. The Morgan fingerprint density at radius 2 is 0.690 bits per heavy atom. The first-order chi connectivity index (χ1) is 35.0. The largest absolute Gasteiger partial charge is 0.310 e. The van der Waals surface area contributed by atoms with E-state index in [0.717, 1.165) is 28.4 Å². The van der Waals surface area contributed by atoms with Gasteiger partial charge in [0.2, 0.25) is 0 Å². The third-order valence-corrected chi connectivity index (χ3v) is 18.3. The van der Waals surface area contributed by atoms with Gasteiger partial charge < -0.3 is 9.80 Å². The summed E-state index contributed by atoms with van der Waals surface area (Å²) in [5.74, 6) is 0. The van der Waals surface area contributed by atoms with Crippen LogP contribution >= 0.6 is 0 Å². The second kappa shape index (κ2) is 17.3. The van der Waals surface area contributed by atoms with Crippen molar-refractivity contribution in [3.8, 4) is 44.5 Å². The lowest BCUT2D eigenvalue weighted by atomic mass is 9.87. The predicted octanol–water partition coefficient (Wildman–Crippen LogP) is 17.9. The van der Waals surface area contributed by atoms with Crippen molar-refractivity contribution in [2.45, 2.75) is 13.1 Å². The van der Waals surface area contributed by atoms with Crippen LogP contribution in [0.4, 0.5) is 34.1 Å². The molecule has 1 aliphatic heterocycles. The van der Waals surface area contributed by atoms with Gasteiger partial charge in [-0.15, -0.1) is 0 Å². The summed E-state index contributed by atoms with van der Waals surface area (Å²) in [6.07, 6.45) is 0. The Morgan fingerprint density at radius 3 is 1.30 bits per heavy atom. The van der Waals surface area contributed by atoms with Gasteiger partial charge in [-0.25, -0.2) is 0 Å². The third-order valence-electron chi connectivity index (χ3n) is 14.8. The van der Waals surface area contributed by atoms with Crippen LogP contribution in [0.2, 0.25) is 13.1 Å². The van der Waals surface area contributed by atoms with E-state index in [2.05, 4.69) is 290 Å². The topological polar surface area (TPSA) is 6.48 Å². The number of anilines is 6. The van der Waals surface area contributed by atoms with Gasteiger partial charge in [0.1, 0.15) is 8.07 Å². The molecule has 0 amide bonds. The normalized spacial score (nSPS) is 12.5. The third kappa shape index (κ3) is 7.16. The maximum atomic E-state index is 2.55. The number of hydrogen-bond donors (Lipinski definition) is 0. The Bertz CT molecular complexity index is 3940. The first-order valence-corrected chi connectivity index (χ1v) is 27.7. The van der Waals surface area contributed by atoms with Crippen molar-refractivity contribution in [3.63, 3.8) is 0 Å². The maximum Gasteiger partial charge on any atom is 0.113 e. The lowest BCUT2D eigenvalue weighted by Gasteiger charge is -2.36. The quantitative estimate of drug-likeness (QED) is 0.105. The molecule has 336 valence electrons. The molecule has 2 nitrogen and oxygen atoms in total. The molecular formula is C68H50N2Si. The van der Waals surface area contributed by atoms with E-state index in [-0.39, 0.29) is 0 Å². The van der Waals surface area contributed by atoms with E-state index in [1.165, 1.54) is 92.9 Å². The van der Waals surface area contributed by atoms with Crippen LogP contribution in [0.15, 0.2) is 267 Å². The molecule has 13 rings (SSSR count). The molecule has 0 saturated heterocycles. The highest BCUT2D eigenvalue weighted by atomic mass is 28.3. The maximum absolute atomic E-state index is 2.55. The van der Waals surface area contributed by atoms with Gasteiger partial charge in [0.25, 0.3) is 0 Å². The van der Waals surface area contributed by atoms with Crippen LogP contribution < -0.4 is 20.2 Å². The predicted molar refractivity (Wildman–Crippen MR) is 307 cm³/mol. The Hall–Kier alpha value is -8.76. The number of fused-ring (bicyclic) bond motifs is 6. The summed E-state index contributed by atoms with van der Waals surface area (Å²) >= 11 is 0. The molecule has 12 aromatic carbocycles. The van der Waals surface area contributed by atoms with E-state index < -0.39 is 8.07 Å². The fourth-order valence-electron chi connectivity index (χ4n) is 11.5. The molecule has 1 aliphatic rings. The van der Waals surface area contributed by atoms with Gasteiger partial charge in [-0.3, -0.25) is 0 Å². The fraction of sp³-hybridized carbons (Fsp3) is 0.0294. The second-order valence-corrected chi connectivity index (χ2v) is 23.6. The van der Waals surface area contributed by atoms with Crippen molar-refractivity contribution in [1.82, 2.24) is 0 Å². The average Bonchev–Trinajstić information content (AvgIpc) is 3.44.